The van der Waals surface area contributed by atoms with Crippen molar-refractivity contribution in [2.24, 2.45) is 11.8 Å². The molecule has 0 aromatic rings. The molecular formula is C12H19NO3. The minimum atomic E-state index is -1.18. The second-order valence-electron chi connectivity index (χ2n) is 4.79. The Hall–Kier alpha value is -1.32. The molecule has 0 saturated carbocycles. The fourth-order valence-corrected chi connectivity index (χ4v) is 1.63. The lowest BCUT2D eigenvalue weighted by Gasteiger charge is -2.31. The number of amides is 1. The molecule has 0 aliphatic heterocycles. The van der Waals surface area contributed by atoms with Gasteiger partial charge in [-0.15, -0.1) is 0 Å². The largest absolute Gasteiger partial charge is 0.480 e. The summed E-state index contributed by atoms with van der Waals surface area (Å²) in [4.78, 5) is 23.0. The van der Waals surface area contributed by atoms with Crippen LogP contribution in [-0.2, 0) is 9.59 Å². The number of hydrogen-bond donors (Lipinski definition) is 2. The third-order valence-electron chi connectivity index (χ3n) is 3.36. The van der Waals surface area contributed by atoms with E-state index < -0.39 is 11.5 Å². The highest BCUT2D eigenvalue weighted by Gasteiger charge is 2.39. The predicted molar refractivity (Wildman–Crippen MR) is 60.9 cm³/mol. The number of carbonyl (C=O) groups excluding carboxylic acids is 1. The first kappa shape index (κ1) is 12.7. The number of allylic oxidation sites excluding steroid dienone is 2. The van der Waals surface area contributed by atoms with Crippen LogP contribution >= 0.6 is 0 Å². The molecule has 0 saturated heterocycles. The Morgan fingerprint density at radius 3 is 2.25 bits per heavy atom. The van der Waals surface area contributed by atoms with Crippen molar-refractivity contribution in [3.05, 3.63) is 12.2 Å². The molecular weight excluding hydrogens is 206 g/mol. The predicted octanol–water partition coefficient (Wildman–Crippen LogP) is 1.57. The maximum Gasteiger partial charge on any atom is 0.329 e. The van der Waals surface area contributed by atoms with Gasteiger partial charge in [0.05, 0.1) is 0 Å². The lowest BCUT2D eigenvalue weighted by Crippen LogP contribution is -2.57. The van der Waals surface area contributed by atoms with E-state index in [4.69, 9.17) is 5.11 Å². The molecule has 1 aliphatic carbocycles. The summed E-state index contributed by atoms with van der Waals surface area (Å²) in [5.41, 5.74) is -1.18. The van der Waals surface area contributed by atoms with Crippen LogP contribution in [0.2, 0.25) is 0 Å². The average molecular weight is 225 g/mol. The van der Waals surface area contributed by atoms with Crippen molar-refractivity contribution < 1.29 is 14.7 Å². The number of carboxylic acids is 1. The number of rotatable bonds is 4. The van der Waals surface area contributed by atoms with E-state index in [9.17, 15) is 9.59 Å². The van der Waals surface area contributed by atoms with Crippen LogP contribution < -0.4 is 5.32 Å². The van der Waals surface area contributed by atoms with E-state index in [2.05, 4.69) is 5.32 Å². The van der Waals surface area contributed by atoms with Crippen LogP contribution in [0.5, 0.6) is 0 Å². The van der Waals surface area contributed by atoms with Crippen LogP contribution in [-0.4, -0.2) is 22.5 Å². The van der Waals surface area contributed by atoms with Crippen LogP contribution in [0.4, 0.5) is 0 Å². The van der Waals surface area contributed by atoms with E-state index in [-0.39, 0.29) is 17.7 Å². The Kier molecular flexibility index (Phi) is 3.73. The SMILES string of the molecule is CC(C)[C@@](C)(NC(=O)C1CC=CC1)C(=O)O. The van der Waals surface area contributed by atoms with Crippen molar-refractivity contribution in [3.8, 4) is 0 Å². The lowest BCUT2D eigenvalue weighted by atomic mass is 9.87. The summed E-state index contributed by atoms with van der Waals surface area (Å²) in [5, 5.41) is 11.8. The molecule has 16 heavy (non-hydrogen) atoms. The zero-order valence-corrected chi connectivity index (χ0v) is 9.99. The molecule has 0 aromatic heterocycles. The Bertz CT molecular complexity index is 314. The first-order chi connectivity index (χ1) is 7.38. The van der Waals surface area contributed by atoms with Gasteiger partial charge in [0.1, 0.15) is 5.54 Å². The number of hydrogen-bond acceptors (Lipinski definition) is 2. The van der Waals surface area contributed by atoms with Gasteiger partial charge in [-0.2, -0.15) is 0 Å². The molecule has 0 unspecified atom stereocenters. The Morgan fingerprint density at radius 1 is 1.38 bits per heavy atom. The second-order valence-corrected chi connectivity index (χ2v) is 4.79. The molecule has 4 heteroatoms. The summed E-state index contributed by atoms with van der Waals surface area (Å²) in [6.45, 7) is 5.14. The summed E-state index contributed by atoms with van der Waals surface area (Å²) in [5.74, 6) is -1.40. The topological polar surface area (TPSA) is 66.4 Å². The molecule has 2 N–H and O–H groups in total. The van der Waals surface area contributed by atoms with E-state index in [0.29, 0.717) is 12.8 Å². The van der Waals surface area contributed by atoms with Crippen LogP contribution in [0.25, 0.3) is 0 Å². The summed E-state index contributed by atoms with van der Waals surface area (Å²) in [7, 11) is 0. The van der Waals surface area contributed by atoms with Gasteiger partial charge in [-0.05, 0) is 25.7 Å². The molecule has 0 bridgehead atoms. The highest BCUT2D eigenvalue weighted by atomic mass is 16.4. The number of nitrogens with one attached hydrogen (secondary N) is 1. The van der Waals surface area contributed by atoms with Gasteiger partial charge < -0.3 is 10.4 Å². The maximum atomic E-state index is 11.9. The molecule has 0 fully saturated rings. The highest BCUT2D eigenvalue weighted by Crippen LogP contribution is 2.22. The van der Waals surface area contributed by atoms with Crippen molar-refractivity contribution in [2.45, 2.75) is 39.2 Å². The zero-order valence-electron chi connectivity index (χ0n) is 9.99. The molecule has 1 amide bonds. The van der Waals surface area contributed by atoms with Gasteiger partial charge in [0.2, 0.25) is 5.91 Å². The van der Waals surface area contributed by atoms with Gasteiger partial charge in [0.25, 0.3) is 0 Å². The summed E-state index contributed by atoms with van der Waals surface area (Å²) < 4.78 is 0. The molecule has 0 heterocycles. The smallest absolute Gasteiger partial charge is 0.329 e. The van der Waals surface area contributed by atoms with Gasteiger partial charge in [-0.3, -0.25) is 4.79 Å². The summed E-state index contributed by atoms with van der Waals surface area (Å²) >= 11 is 0. The average Bonchev–Trinajstić information content (AvgIpc) is 2.69. The molecule has 0 aromatic carbocycles. The van der Waals surface area contributed by atoms with Gasteiger partial charge in [0, 0.05) is 5.92 Å². The first-order valence-electron chi connectivity index (χ1n) is 5.58. The molecule has 1 atom stereocenters. The molecule has 1 rings (SSSR count). The second kappa shape index (κ2) is 4.68. The third kappa shape index (κ3) is 2.43. The Morgan fingerprint density at radius 2 is 1.88 bits per heavy atom. The number of aliphatic carboxylic acids is 1. The Labute approximate surface area is 95.7 Å². The minimum absolute atomic E-state index is 0.0996. The van der Waals surface area contributed by atoms with Gasteiger partial charge >= 0.3 is 5.97 Å². The van der Waals surface area contributed by atoms with Crippen molar-refractivity contribution in [1.29, 1.82) is 0 Å². The van der Waals surface area contributed by atoms with Crippen molar-refractivity contribution in [1.82, 2.24) is 5.32 Å². The van der Waals surface area contributed by atoms with Gasteiger partial charge in [0.15, 0.2) is 0 Å². The van der Waals surface area contributed by atoms with Gasteiger partial charge in [-0.1, -0.05) is 26.0 Å². The fourth-order valence-electron chi connectivity index (χ4n) is 1.63. The molecule has 4 nitrogen and oxygen atoms in total. The van der Waals surface area contributed by atoms with Crippen LogP contribution in [0, 0.1) is 11.8 Å². The van der Waals surface area contributed by atoms with E-state index in [0.717, 1.165) is 0 Å². The minimum Gasteiger partial charge on any atom is -0.480 e. The van der Waals surface area contributed by atoms with Crippen LogP contribution in [0.15, 0.2) is 12.2 Å². The lowest BCUT2D eigenvalue weighted by molar-refractivity contribution is -0.149. The molecule has 0 radical (unpaired) electrons. The fraction of sp³-hybridized carbons (Fsp3) is 0.667. The maximum absolute atomic E-state index is 11.9. The molecule has 90 valence electrons. The number of carboxylic acid groups (broad SMARTS) is 1. The van der Waals surface area contributed by atoms with Crippen molar-refractivity contribution >= 4 is 11.9 Å². The van der Waals surface area contributed by atoms with E-state index in [1.807, 2.05) is 12.2 Å². The first-order valence-corrected chi connectivity index (χ1v) is 5.58. The summed E-state index contributed by atoms with van der Waals surface area (Å²) in [6.07, 6.45) is 5.33. The van der Waals surface area contributed by atoms with Crippen molar-refractivity contribution in [3.63, 3.8) is 0 Å². The zero-order chi connectivity index (χ0) is 12.3. The standard InChI is InChI=1S/C12H19NO3/c1-8(2)12(3,11(15)16)13-10(14)9-6-4-5-7-9/h4-5,8-9H,6-7H2,1-3H3,(H,13,14)(H,15,16)/t12-/m1/s1. The molecule has 1 aliphatic rings. The van der Waals surface area contributed by atoms with E-state index in [1.54, 1.807) is 20.8 Å². The summed E-state index contributed by atoms with van der Waals surface area (Å²) in [6, 6.07) is 0. The van der Waals surface area contributed by atoms with Gasteiger partial charge in [-0.25, -0.2) is 4.79 Å². The normalized spacial score (nSPS) is 19.8. The Balaban J connectivity index is 2.69. The van der Waals surface area contributed by atoms with Crippen LogP contribution in [0.3, 0.4) is 0 Å². The quantitative estimate of drug-likeness (QED) is 0.714. The van der Waals surface area contributed by atoms with Crippen molar-refractivity contribution in [2.75, 3.05) is 0 Å². The van der Waals surface area contributed by atoms with E-state index in [1.165, 1.54) is 0 Å². The monoisotopic (exact) mass is 225 g/mol. The highest BCUT2D eigenvalue weighted by molar-refractivity contribution is 5.88. The number of carbonyl (C=O) groups is 2. The van der Waals surface area contributed by atoms with Crippen LogP contribution in [0.1, 0.15) is 33.6 Å². The molecule has 0 spiro atoms. The van der Waals surface area contributed by atoms with E-state index >= 15 is 0 Å². The third-order valence-corrected chi connectivity index (χ3v) is 3.36.